The molecule has 1 aliphatic rings. The Morgan fingerprint density at radius 1 is 1.09 bits per heavy atom. The maximum atomic E-state index is 13.1. The fourth-order valence-corrected chi connectivity index (χ4v) is 5.74. The van der Waals surface area contributed by atoms with Crippen LogP contribution in [0, 0.1) is 0 Å². The highest BCUT2D eigenvalue weighted by atomic mass is 35.5. The van der Waals surface area contributed by atoms with Crippen molar-refractivity contribution in [2.45, 2.75) is 37.2 Å². The lowest BCUT2D eigenvalue weighted by Crippen LogP contribution is -2.47. The van der Waals surface area contributed by atoms with E-state index in [1.54, 1.807) is 37.3 Å². The second-order valence-corrected chi connectivity index (χ2v) is 10.1. The quantitative estimate of drug-likeness (QED) is 0.586. The van der Waals surface area contributed by atoms with Gasteiger partial charge in [0.2, 0.25) is 11.8 Å². The van der Waals surface area contributed by atoms with Crippen molar-refractivity contribution in [1.82, 2.24) is 14.5 Å². The number of sulfonamides is 1. The Labute approximate surface area is 202 Å². The molecule has 0 saturated heterocycles. The summed E-state index contributed by atoms with van der Waals surface area (Å²) in [6.45, 7) is 1.42. The molecular formula is C22H23Cl2N3O5S. The fourth-order valence-electron chi connectivity index (χ4n) is 3.61. The average molecular weight is 512 g/mol. The molecule has 2 aromatic carbocycles. The molecule has 0 spiro atoms. The minimum Gasteiger partial charge on any atom is -0.357 e. The topological polar surface area (TPSA) is 104 Å². The maximum Gasteiger partial charge on any atom is 0.269 e. The molecule has 2 aromatic rings. The van der Waals surface area contributed by atoms with E-state index in [1.165, 1.54) is 24.1 Å². The number of rotatable bonds is 8. The van der Waals surface area contributed by atoms with Gasteiger partial charge in [0.05, 0.1) is 5.56 Å². The predicted octanol–water partition coefficient (Wildman–Crippen LogP) is 3.08. The molecule has 33 heavy (non-hydrogen) atoms. The van der Waals surface area contributed by atoms with Gasteiger partial charge in [0.25, 0.3) is 15.9 Å². The number of hydrogen-bond donors (Lipinski definition) is 1. The van der Waals surface area contributed by atoms with Crippen LogP contribution in [-0.2, 0) is 26.2 Å². The number of hydrogen-bond acceptors (Lipinski definition) is 5. The summed E-state index contributed by atoms with van der Waals surface area (Å²) in [7, 11) is -2.48. The molecule has 3 rings (SSSR count). The number of likely N-dealkylation sites (N-methyl/N-ethyl adjacent to an activating group) is 1. The van der Waals surface area contributed by atoms with Gasteiger partial charge in [0, 0.05) is 42.2 Å². The van der Waals surface area contributed by atoms with Gasteiger partial charge in [-0.2, -0.15) is 0 Å². The van der Waals surface area contributed by atoms with Crippen LogP contribution in [0.15, 0.2) is 47.4 Å². The summed E-state index contributed by atoms with van der Waals surface area (Å²) in [5.74, 6) is -1.39. The third kappa shape index (κ3) is 5.00. The van der Waals surface area contributed by atoms with Crippen molar-refractivity contribution in [3.8, 4) is 0 Å². The van der Waals surface area contributed by atoms with E-state index >= 15 is 0 Å². The van der Waals surface area contributed by atoms with Crippen LogP contribution in [0.2, 0.25) is 10.0 Å². The number of fused-ring (bicyclic) bond motifs is 1. The van der Waals surface area contributed by atoms with E-state index in [1.807, 2.05) is 0 Å². The molecule has 8 nitrogen and oxygen atoms in total. The molecule has 0 bridgehead atoms. The van der Waals surface area contributed by atoms with E-state index in [-0.39, 0.29) is 42.3 Å². The molecule has 0 aromatic heterocycles. The highest BCUT2D eigenvalue weighted by Gasteiger charge is 2.40. The molecular weight excluding hydrogens is 489 g/mol. The van der Waals surface area contributed by atoms with Gasteiger partial charge in [-0.1, -0.05) is 41.4 Å². The molecule has 0 unspecified atom stereocenters. The van der Waals surface area contributed by atoms with E-state index in [0.29, 0.717) is 15.6 Å². The number of carbonyl (C=O) groups excluding carboxylic acids is 3. The van der Waals surface area contributed by atoms with Crippen molar-refractivity contribution in [3.63, 3.8) is 0 Å². The Kier molecular flexibility index (Phi) is 7.66. The summed E-state index contributed by atoms with van der Waals surface area (Å²) in [5.41, 5.74) is 0.615. The van der Waals surface area contributed by atoms with Crippen LogP contribution >= 0.6 is 23.2 Å². The molecule has 0 saturated carbocycles. The van der Waals surface area contributed by atoms with Crippen molar-refractivity contribution >= 4 is 50.9 Å². The summed E-state index contributed by atoms with van der Waals surface area (Å²) < 4.78 is 26.1. The Morgan fingerprint density at radius 3 is 2.33 bits per heavy atom. The van der Waals surface area contributed by atoms with Gasteiger partial charge in [-0.3, -0.25) is 14.4 Å². The van der Waals surface area contributed by atoms with Gasteiger partial charge in [0.1, 0.15) is 10.9 Å². The van der Waals surface area contributed by atoms with Crippen molar-refractivity contribution in [3.05, 3.63) is 63.6 Å². The lowest BCUT2D eigenvalue weighted by Gasteiger charge is -2.29. The van der Waals surface area contributed by atoms with Gasteiger partial charge >= 0.3 is 0 Å². The first kappa shape index (κ1) is 25.0. The lowest BCUT2D eigenvalue weighted by atomic mass is 10.1. The molecule has 1 heterocycles. The normalized spacial score (nSPS) is 15.2. The largest absolute Gasteiger partial charge is 0.357 e. The van der Waals surface area contributed by atoms with Crippen LogP contribution in [0.1, 0.15) is 35.7 Å². The minimum absolute atomic E-state index is 0.00168. The molecule has 0 radical (unpaired) electrons. The molecule has 1 aliphatic heterocycles. The number of benzene rings is 2. The average Bonchev–Trinajstić information content (AvgIpc) is 2.98. The second-order valence-electron chi connectivity index (χ2n) is 7.49. The summed E-state index contributed by atoms with van der Waals surface area (Å²) in [6, 6.07) is 10.1. The van der Waals surface area contributed by atoms with Crippen molar-refractivity contribution < 1.29 is 22.8 Å². The molecule has 176 valence electrons. The third-order valence-electron chi connectivity index (χ3n) is 5.47. The highest BCUT2D eigenvalue weighted by molar-refractivity contribution is 7.90. The molecule has 0 aliphatic carbocycles. The van der Waals surface area contributed by atoms with Gasteiger partial charge < -0.3 is 10.2 Å². The number of amides is 3. The van der Waals surface area contributed by atoms with Crippen LogP contribution in [0.5, 0.6) is 0 Å². The fraction of sp³-hybridized carbons (Fsp3) is 0.318. The standard InChI is InChI=1S/C22H23Cl2N3O5S/c1-14(21(29)25-2)26(13-16-17(23)8-5-9-18(16)24)20(28)11-6-12-27-22(30)15-7-3-4-10-19(15)33(27,31)32/h3-5,7-10,14H,6,11-13H2,1-2H3,(H,25,29)/t14-/m1/s1. The van der Waals surface area contributed by atoms with Crippen molar-refractivity contribution in [2.75, 3.05) is 13.6 Å². The van der Waals surface area contributed by atoms with Crippen LogP contribution in [0.25, 0.3) is 0 Å². The third-order valence-corrected chi connectivity index (χ3v) is 8.02. The Bertz CT molecular complexity index is 1180. The zero-order valence-electron chi connectivity index (χ0n) is 18.0. The molecule has 11 heteroatoms. The van der Waals surface area contributed by atoms with Gasteiger partial charge in [-0.05, 0) is 37.6 Å². The van der Waals surface area contributed by atoms with E-state index in [2.05, 4.69) is 5.32 Å². The maximum absolute atomic E-state index is 13.1. The first-order chi connectivity index (χ1) is 15.6. The zero-order chi connectivity index (χ0) is 24.3. The second kappa shape index (κ2) is 10.1. The number of halogens is 2. The number of nitrogens with zero attached hydrogens (tertiary/aromatic N) is 2. The smallest absolute Gasteiger partial charge is 0.269 e. The monoisotopic (exact) mass is 511 g/mol. The minimum atomic E-state index is -3.95. The van der Waals surface area contributed by atoms with E-state index in [9.17, 15) is 22.8 Å². The first-order valence-electron chi connectivity index (χ1n) is 10.2. The predicted molar refractivity (Wildman–Crippen MR) is 124 cm³/mol. The molecule has 1 N–H and O–H groups in total. The molecule has 0 fully saturated rings. The number of carbonyl (C=O) groups is 3. The summed E-state index contributed by atoms with van der Waals surface area (Å²) in [4.78, 5) is 39.2. The van der Waals surface area contributed by atoms with Gasteiger partial charge in [-0.15, -0.1) is 0 Å². The van der Waals surface area contributed by atoms with Gasteiger partial charge in [0.15, 0.2) is 0 Å². The van der Waals surface area contributed by atoms with Crippen LogP contribution in [0.3, 0.4) is 0 Å². The van der Waals surface area contributed by atoms with Crippen LogP contribution in [-0.4, -0.2) is 55.0 Å². The summed E-state index contributed by atoms with van der Waals surface area (Å²) in [6.07, 6.45) is 0.00403. The molecule has 1 atom stereocenters. The SMILES string of the molecule is CNC(=O)[C@@H](C)N(Cc1c(Cl)cccc1Cl)C(=O)CCCN1C(=O)c2ccccc2S1(=O)=O. The van der Waals surface area contributed by atoms with Crippen LogP contribution < -0.4 is 5.32 Å². The zero-order valence-corrected chi connectivity index (χ0v) is 20.4. The summed E-state index contributed by atoms with van der Waals surface area (Å²) in [5, 5.41) is 3.23. The van der Waals surface area contributed by atoms with Crippen molar-refractivity contribution in [1.29, 1.82) is 0 Å². The lowest BCUT2D eigenvalue weighted by molar-refractivity contribution is -0.140. The van der Waals surface area contributed by atoms with E-state index < -0.39 is 27.9 Å². The summed E-state index contributed by atoms with van der Waals surface area (Å²) >= 11 is 12.5. The first-order valence-corrected chi connectivity index (χ1v) is 12.4. The Balaban J connectivity index is 1.74. The Morgan fingerprint density at radius 2 is 1.73 bits per heavy atom. The van der Waals surface area contributed by atoms with Gasteiger partial charge in [-0.25, -0.2) is 12.7 Å². The van der Waals surface area contributed by atoms with Crippen molar-refractivity contribution in [2.24, 2.45) is 0 Å². The van der Waals surface area contributed by atoms with E-state index in [4.69, 9.17) is 23.2 Å². The number of nitrogens with one attached hydrogen (secondary N) is 1. The Hall–Kier alpha value is -2.62. The van der Waals surface area contributed by atoms with Crippen LogP contribution in [0.4, 0.5) is 0 Å². The van der Waals surface area contributed by atoms with E-state index in [0.717, 1.165) is 4.31 Å². The highest BCUT2D eigenvalue weighted by Crippen LogP contribution is 2.30. The molecule has 3 amide bonds.